The van der Waals surface area contributed by atoms with Crippen LogP contribution in [0, 0.1) is 23.6 Å². The number of halogens is 2. The van der Waals surface area contributed by atoms with Crippen LogP contribution in [-0.2, 0) is 0 Å². The lowest BCUT2D eigenvalue weighted by molar-refractivity contribution is 0.180. The molecule has 1 saturated carbocycles. The maximum atomic E-state index is 13.7. The van der Waals surface area contributed by atoms with Gasteiger partial charge in [-0.2, -0.15) is 0 Å². The van der Waals surface area contributed by atoms with Gasteiger partial charge in [-0.15, -0.1) is 0 Å². The molecule has 1 N–H and O–H groups in total. The Morgan fingerprint density at radius 3 is 2.37 bits per heavy atom. The van der Waals surface area contributed by atoms with Crippen molar-refractivity contribution >= 4 is 15.9 Å². The Kier molecular flexibility index (Phi) is 5.02. The van der Waals surface area contributed by atoms with Gasteiger partial charge in [0, 0.05) is 6.04 Å². The number of hydrogen-bond acceptors (Lipinski definition) is 1. The normalized spacial score (nSPS) is 29.2. The lowest BCUT2D eigenvalue weighted by atomic mass is 9.72. The van der Waals surface area contributed by atoms with Crippen molar-refractivity contribution in [2.75, 3.05) is 7.05 Å². The Balaban J connectivity index is 2.21. The summed E-state index contributed by atoms with van der Waals surface area (Å²) in [6.07, 6.45) is 3.78. The minimum Gasteiger partial charge on any atom is -0.313 e. The molecule has 0 bridgehead atoms. The molecule has 0 radical (unpaired) electrons. The summed E-state index contributed by atoms with van der Waals surface area (Å²) in [5.41, 5.74) is 1.06. The van der Waals surface area contributed by atoms with Crippen LogP contribution in [0.15, 0.2) is 22.7 Å². The molecule has 2 rings (SSSR count). The quantitative estimate of drug-likeness (QED) is 0.830. The van der Waals surface area contributed by atoms with Gasteiger partial charge in [-0.05, 0) is 77.7 Å². The van der Waals surface area contributed by atoms with Crippen molar-refractivity contribution in [3.05, 3.63) is 34.1 Å². The van der Waals surface area contributed by atoms with Crippen LogP contribution >= 0.6 is 15.9 Å². The van der Waals surface area contributed by atoms with Crippen LogP contribution < -0.4 is 5.32 Å². The highest BCUT2D eigenvalue weighted by molar-refractivity contribution is 9.10. The number of benzene rings is 1. The molecule has 1 nitrogen and oxygen atoms in total. The van der Waals surface area contributed by atoms with Gasteiger partial charge in [0.1, 0.15) is 5.82 Å². The highest BCUT2D eigenvalue weighted by Gasteiger charge is 2.30. The predicted molar refractivity (Wildman–Crippen MR) is 81.6 cm³/mol. The van der Waals surface area contributed by atoms with Crippen molar-refractivity contribution in [2.24, 2.45) is 17.8 Å². The molecule has 0 heterocycles. The van der Waals surface area contributed by atoms with E-state index in [4.69, 9.17) is 0 Å². The molecule has 1 aromatic rings. The SMILES string of the molecule is CNC(c1ccc(Br)c(F)c1)C1CC(C)CC(C)C1. The van der Waals surface area contributed by atoms with Gasteiger partial charge >= 0.3 is 0 Å². The van der Waals surface area contributed by atoms with E-state index in [0.29, 0.717) is 10.4 Å². The van der Waals surface area contributed by atoms with E-state index in [2.05, 4.69) is 35.1 Å². The average Bonchev–Trinajstić information content (AvgIpc) is 2.33. The van der Waals surface area contributed by atoms with E-state index in [-0.39, 0.29) is 11.9 Å². The van der Waals surface area contributed by atoms with Crippen LogP contribution in [0.25, 0.3) is 0 Å². The Morgan fingerprint density at radius 1 is 1.21 bits per heavy atom. The van der Waals surface area contributed by atoms with E-state index in [0.717, 1.165) is 17.4 Å². The van der Waals surface area contributed by atoms with Gasteiger partial charge in [0.2, 0.25) is 0 Å². The zero-order chi connectivity index (χ0) is 14.0. The standard InChI is InChI=1S/C16H23BrFN/c1-10-6-11(2)8-13(7-10)16(19-3)12-4-5-14(17)15(18)9-12/h4-5,9-11,13,16,19H,6-8H2,1-3H3. The molecule has 19 heavy (non-hydrogen) atoms. The molecular formula is C16H23BrFN. The molecule has 0 aromatic heterocycles. The van der Waals surface area contributed by atoms with Gasteiger partial charge in [0.25, 0.3) is 0 Å². The molecule has 0 spiro atoms. The predicted octanol–water partition coefficient (Wildman–Crippen LogP) is 4.92. The molecule has 0 amide bonds. The minimum absolute atomic E-state index is 0.172. The highest BCUT2D eigenvalue weighted by Crippen LogP contribution is 2.40. The smallest absolute Gasteiger partial charge is 0.137 e. The van der Waals surface area contributed by atoms with E-state index < -0.39 is 0 Å². The summed E-state index contributed by atoms with van der Waals surface area (Å²) in [5.74, 6) is 1.97. The molecule has 1 aromatic carbocycles. The number of hydrogen-bond donors (Lipinski definition) is 1. The van der Waals surface area contributed by atoms with Crippen molar-refractivity contribution in [1.29, 1.82) is 0 Å². The lowest BCUT2D eigenvalue weighted by Crippen LogP contribution is -2.31. The largest absolute Gasteiger partial charge is 0.313 e. The molecule has 1 aliphatic rings. The number of rotatable bonds is 3. The molecule has 3 heteroatoms. The highest BCUT2D eigenvalue weighted by atomic mass is 79.9. The van der Waals surface area contributed by atoms with Gasteiger partial charge < -0.3 is 5.32 Å². The third-order valence-corrected chi connectivity index (χ3v) is 4.94. The monoisotopic (exact) mass is 327 g/mol. The van der Waals surface area contributed by atoms with Crippen molar-refractivity contribution in [3.63, 3.8) is 0 Å². The summed E-state index contributed by atoms with van der Waals surface area (Å²) in [4.78, 5) is 0. The van der Waals surface area contributed by atoms with E-state index >= 15 is 0 Å². The Hall–Kier alpha value is -0.410. The lowest BCUT2D eigenvalue weighted by Gasteiger charge is -2.36. The van der Waals surface area contributed by atoms with Crippen molar-refractivity contribution in [1.82, 2.24) is 5.32 Å². The van der Waals surface area contributed by atoms with E-state index in [1.54, 1.807) is 6.07 Å². The average molecular weight is 328 g/mol. The van der Waals surface area contributed by atoms with E-state index in [1.165, 1.54) is 19.3 Å². The maximum absolute atomic E-state index is 13.7. The summed E-state index contributed by atoms with van der Waals surface area (Å²) < 4.78 is 14.3. The third-order valence-electron chi connectivity index (χ3n) is 4.30. The van der Waals surface area contributed by atoms with Crippen LogP contribution in [0.5, 0.6) is 0 Å². The molecule has 1 aliphatic carbocycles. The molecule has 106 valence electrons. The van der Waals surface area contributed by atoms with Crippen LogP contribution in [0.1, 0.15) is 44.7 Å². The van der Waals surface area contributed by atoms with Gasteiger partial charge in [-0.3, -0.25) is 0 Å². The Labute approximate surface area is 124 Å². The second-order valence-electron chi connectivity index (χ2n) is 6.12. The second-order valence-corrected chi connectivity index (χ2v) is 6.97. The van der Waals surface area contributed by atoms with Crippen molar-refractivity contribution < 1.29 is 4.39 Å². The van der Waals surface area contributed by atoms with Crippen molar-refractivity contribution in [3.8, 4) is 0 Å². The zero-order valence-electron chi connectivity index (χ0n) is 11.9. The fraction of sp³-hybridized carbons (Fsp3) is 0.625. The molecule has 3 unspecified atom stereocenters. The topological polar surface area (TPSA) is 12.0 Å². The van der Waals surface area contributed by atoms with Gasteiger partial charge in [-0.1, -0.05) is 19.9 Å². The summed E-state index contributed by atoms with van der Waals surface area (Å²) in [6.45, 7) is 4.66. The van der Waals surface area contributed by atoms with Crippen LogP contribution in [0.2, 0.25) is 0 Å². The maximum Gasteiger partial charge on any atom is 0.137 e. The molecular weight excluding hydrogens is 305 g/mol. The Bertz CT molecular complexity index is 425. The Morgan fingerprint density at radius 2 is 1.84 bits per heavy atom. The zero-order valence-corrected chi connectivity index (χ0v) is 13.5. The summed E-state index contributed by atoms with van der Waals surface area (Å²) in [7, 11) is 1.98. The van der Waals surface area contributed by atoms with Crippen LogP contribution in [0.3, 0.4) is 0 Å². The first-order valence-corrected chi connectivity index (χ1v) is 7.92. The fourth-order valence-corrected chi connectivity index (χ4v) is 3.91. The first-order chi connectivity index (χ1) is 9.01. The summed E-state index contributed by atoms with van der Waals surface area (Å²) in [6, 6.07) is 5.76. The summed E-state index contributed by atoms with van der Waals surface area (Å²) in [5, 5.41) is 3.39. The second kappa shape index (κ2) is 6.36. The fourth-order valence-electron chi connectivity index (χ4n) is 3.66. The summed E-state index contributed by atoms with van der Waals surface area (Å²) >= 11 is 3.22. The molecule has 3 atom stereocenters. The van der Waals surface area contributed by atoms with Crippen LogP contribution in [0.4, 0.5) is 4.39 Å². The molecule has 0 saturated heterocycles. The van der Waals surface area contributed by atoms with E-state index in [1.807, 2.05) is 19.2 Å². The minimum atomic E-state index is -0.172. The van der Waals surface area contributed by atoms with Gasteiger partial charge in [-0.25, -0.2) is 4.39 Å². The van der Waals surface area contributed by atoms with Crippen molar-refractivity contribution in [2.45, 2.75) is 39.2 Å². The molecule has 1 fully saturated rings. The third kappa shape index (κ3) is 3.57. The van der Waals surface area contributed by atoms with Gasteiger partial charge in [0.05, 0.1) is 4.47 Å². The molecule has 0 aliphatic heterocycles. The number of nitrogens with one attached hydrogen (secondary N) is 1. The first-order valence-electron chi connectivity index (χ1n) is 7.13. The van der Waals surface area contributed by atoms with Gasteiger partial charge in [0.15, 0.2) is 0 Å². The first kappa shape index (κ1) is 15.0. The van der Waals surface area contributed by atoms with Crippen LogP contribution in [-0.4, -0.2) is 7.05 Å². The van der Waals surface area contributed by atoms with E-state index in [9.17, 15) is 4.39 Å².